The highest BCUT2D eigenvalue weighted by Gasteiger charge is 2.11. The molecule has 1 aliphatic rings. The third-order valence-corrected chi connectivity index (χ3v) is 2.63. The second-order valence-electron chi connectivity index (χ2n) is 3.70. The lowest BCUT2D eigenvalue weighted by Crippen LogP contribution is -2.17. The zero-order valence-corrected chi connectivity index (χ0v) is 8.74. The molecule has 1 heterocycles. The SMILES string of the molecule is OCC#Cc1cccc(N2CCCC2)c1. The Morgan fingerprint density at radius 2 is 2.07 bits per heavy atom. The molecule has 1 aromatic carbocycles. The molecule has 0 amide bonds. The highest BCUT2D eigenvalue weighted by molar-refractivity contribution is 5.53. The molecule has 78 valence electrons. The predicted molar refractivity (Wildman–Crippen MR) is 61.9 cm³/mol. The molecule has 0 saturated carbocycles. The first-order chi connectivity index (χ1) is 7.40. The fraction of sp³-hybridized carbons (Fsp3) is 0.385. The zero-order valence-electron chi connectivity index (χ0n) is 8.74. The summed E-state index contributed by atoms with van der Waals surface area (Å²) in [5.41, 5.74) is 2.23. The molecule has 2 rings (SSSR count). The smallest absolute Gasteiger partial charge is 0.104 e. The number of rotatable bonds is 1. The summed E-state index contributed by atoms with van der Waals surface area (Å²) in [5.74, 6) is 5.60. The third kappa shape index (κ3) is 2.51. The van der Waals surface area contributed by atoms with Crippen molar-refractivity contribution in [1.29, 1.82) is 0 Å². The molecule has 1 fully saturated rings. The first-order valence-electron chi connectivity index (χ1n) is 5.35. The summed E-state index contributed by atoms with van der Waals surface area (Å²) in [4.78, 5) is 2.38. The van der Waals surface area contributed by atoms with Crippen molar-refractivity contribution >= 4 is 5.69 Å². The maximum absolute atomic E-state index is 8.62. The minimum absolute atomic E-state index is 0.0755. The van der Waals surface area contributed by atoms with Crippen LogP contribution in [0.1, 0.15) is 18.4 Å². The Balaban J connectivity index is 2.18. The van der Waals surface area contributed by atoms with Gasteiger partial charge in [0.25, 0.3) is 0 Å². The number of benzene rings is 1. The van der Waals surface area contributed by atoms with E-state index < -0.39 is 0 Å². The summed E-state index contributed by atoms with van der Waals surface area (Å²) in [6.07, 6.45) is 2.57. The van der Waals surface area contributed by atoms with Crippen LogP contribution in [0.3, 0.4) is 0 Å². The van der Waals surface area contributed by atoms with Crippen LogP contribution < -0.4 is 4.90 Å². The van der Waals surface area contributed by atoms with Gasteiger partial charge in [-0.15, -0.1) is 0 Å². The molecule has 0 spiro atoms. The highest BCUT2D eigenvalue weighted by Crippen LogP contribution is 2.20. The van der Waals surface area contributed by atoms with Gasteiger partial charge in [-0.05, 0) is 31.0 Å². The van der Waals surface area contributed by atoms with Crippen LogP contribution in [0.5, 0.6) is 0 Å². The molecule has 1 aromatic rings. The van der Waals surface area contributed by atoms with E-state index in [-0.39, 0.29) is 6.61 Å². The molecule has 0 atom stereocenters. The highest BCUT2D eigenvalue weighted by atomic mass is 16.2. The molecular formula is C13H15NO. The van der Waals surface area contributed by atoms with E-state index in [1.165, 1.54) is 18.5 Å². The normalized spacial score (nSPS) is 14.9. The molecule has 0 bridgehead atoms. The van der Waals surface area contributed by atoms with Crippen LogP contribution in [0, 0.1) is 11.8 Å². The Bertz CT molecular complexity index is 383. The quantitative estimate of drug-likeness (QED) is 0.698. The van der Waals surface area contributed by atoms with Gasteiger partial charge in [0, 0.05) is 24.3 Å². The van der Waals surface area contributed by atoms with Crippen molar-refractivity contribution in [2.75, 3.05) is 24.6 Å². The fourth-order valence-electron chi connectivity index (χ4n) is 1.90. The van der Waals surface area contributed by atoms with Gasteiger partial charge in [0.15, 0.2) is 0 Å². The van der Waals surface area contributed by atoms with Crippen molar-refractivity contribution in [3.63, 3.8) is 0 Å². The largest absolute Gasteiger partial charge is 0.384 e. The third-order valence-electron chi connectivity index (χ3n) is 2.63. The van der Waals surface area contributed by atoms with Gasteiger partial charge >= 0.3 is 0 Å². The predicted octanol–water partition coefficient (Wildman–Crippen LogP) is 1.63. The van der Waals surface area contributed by atoms with Crippen molar-refractivity contribution < 1.29 is 5.11 Å². The second-order valence-corrected chi connectivity index (χ2v) is 3.70. The van der Waals surface area contributed by atoms with E-state index in [1.807, 2.05) is 12.1 Å². The molecule has 2 heteroatoms. The topological polar surface area (TPSA) is 23.5 Å². The maximum atomic E-state index is 8.62. The second kappa shape index (κ2) is 4.86. The molecular weight excluding hydrogens is 186 g/mol. The Kier molecular flexibility index (Phi) is 3.26. The molecule has 2 nitrogen and oxygen atoms in total. The van der Waals surface area contributed by atoms with Crippen molar-refractivity contribution in [2.45, 2.75) is 12.8 Å². The Morgan fingerprint density at radius 1 is 1.27 bits per heavy atom. The van der Waals surface area contributed by atoms with E-state index in [0.29, 0.717) is 0 Å². The van der Waals surface area contributed by atoms with E-state index in [9.17, 15) is 0 Å². The zero-order chi connectivity index (χ0) is 10.5. The van der Waals surface area contributed by atoms with Crippen LogP contribution in [0.25, 0.3) is 0 Å². The van der Waals surface area contributed by atoms with Crippen LogP contribution in [0.4, 0.5) is 5.69 Å². The van der Waals surface area contributed by atoms with Crippen LogP contribution >= 0.6 is 0 Å². The van der Waals surface area contributed by atoms with E-state index in [2.05, 4.69) is 28.9 Å². The summed E-state index contributed by atoms with van der Waals surface area (Å²) < 4.78 is 0. The van der Waals surface area contributed by atoms with Gasteiger partial charge in [0.1, 0.15) is 6.61 Å². The Morgan fingerprint density at radius 3 is 2.80 bits per heavy atom. The van der Waals surface area contributed by atoms with Crippen molar-refractivity contribution in [3.8, 4) is 11.8 Å². The van der Waals surface area contributed by atoms with Crippen LogP contribution in [0.2, 0.25) is 0 Å². The summed E-state index contributed by atoms with van der Waals surface area (Å²) in [7, 11) is 0. The number of aliphatic hydroxyl groups excluding tert-OH is 1. The summed E-state index contributed by atoms with van der Waals surface area (Å²) in [6, 6.07) is 8.21. The molecule has 0 aromatic heterocycles. The van der Waals surface area contributed by atoms with Gasteiger partial charge in [0.2, 0.25) is 0 Å². The Hall–Kier alpha value is -1.46. The van der Waals surface area contributed by atoms with E-state index in [4.69, 9.17) is 5.11 Å². The number of hydrogen-bond donors (Lipinski definition) is 1. The summed E-state index contributed by atoms with van der Waals surface area (Å²) in [5, 5.41) is 8.62. The minimum atomic E-state index is -0.0755. The first-order valence-corrected chi connectivity index (χ1v) is 5.35. The average molecular weight is 201 g/mol. The van der Waals surface area contributed by atoms with Gasteiger partial charge in [-0.2, -0.15) is 0 Å². The van der Waals surface area contributed by atoms with Crippen molar-refractivity contribution in [1.82, 2.24) is 0 Å². The lowest BCUT2D eigenvalue weighted by Gasteiger charge is -2.17. The lowest BCUT2D eigenvalue weighted by molar-refractivity contribution is 0.350. The van der Waals surface area contributed by atoms with Gasteiger partial charge < -0.3 is 10.0 Å². The molecule has 0 unspecified atom stereocenters. The van der Waals surface area contributed by atoms with E-state index >= 15 is 0 Å². The van der Waals surface area contributed by atoms with Crippen molar-refractivity contribution in [3.05, 3.63) is 29.8 Å². The lowest BCUT2D eigenvalue weighted by atomic mass is 10.2. The summed E-state index contributed by atoms with van der Waals surface area (Å²) >= 11 is 0. The van der Waals surface area contributed by atoms with Crippen LogP contribution in [-0.4, -0.2) is 24.8 Å². The Labute approximate surface area is 90.5 Å². The van der Waals surface area contributed by atoms with Crippen LogP contribution in [0.15, 0.2) is 24.3 Å². The standard InChI is InChI=1S/C13H15NO/c15-10-4-6-12-5-3-7-13(11-12)14-8-1-2-9-14/h3,5,7,11,15H,1-2,8-10H2. The maximum Gasteiger partial charge on any atom is 0.104 e. The van der Waals surface area contributed by atoms with E-state index in [1.54, 1.807) is 0 Å². The fourth-order valence-corrected chi connectivity index (χ4v) is 1.90. The number of hydrogen-bond acceptors (Lipinski definition) is 2. The van der Waals surface area contributed by atoms with Crippen molar-refractivity contribution in [2.24, 2.45) is 0 Å². The number of nitrogens with zero attached hydrogens (tertiary/aromatic N) is 1. The minimum Gasteiger partial charge on any atom is -0.384 e. The number of anilines is 1. The van der Waals surface area contributed by atoms with Gasteiger partial charge in [-0.3, -0.25) is 0 Å². The number of aliphatic hydroxyl groups is 1. The molecule has 1 saturated heterocycles. The molecule has 1 aliphatic heterocycles. The molecule has 0 aliphatic carbocycles. The van der Waals surface area contributed by atoms with Gasteiger partial charge in [-0.25, -0.2) is 0 Å². The van der Waals surface area contributed by atoms with Gasteiger partial charge in [0.05, 0.1) is 0 Å². The molecule has 1 N–H and O–H groups in total. The van der Waals surface area contributed by atoms with Crippen LogP contribution in [-0.2, 0) is 0 Å². The first kappa shape index (κ1) is 10.1. The van der Waals surface area contributed by atoms with Gasteiger partial charge in [-0.1, -0.05) is 17.9 Å². The summed E-state index contributed by atoms with van der Waals surface area (Å²) in [6.45, 7) is 2.22. The van der Waals surface area contributed by atoms with E-state index in [0.717, 1.165) is 18.7 Å². The molecule has 15 heavy (non-hydrogen) atoms. The monoisotopic (exact) mass is 201 g/mol. The average Bonchev–Trinajstić information content (AvgIpc) is 2.80. The molecule has 0 radical (unpaired) electrons.